The van der Waals surface area contributed by atoms with Crippen molar-refractivity contribution >= 4 is 17.5 Å². The van der Waals surface area contributed by atoms with Crippen LogP contribution in [0, 0.1) is 12.7 Å². The van der Waals surface area contributed by atoms with Gasteiger partial charge in [-0.2, -0.15) is 5.10 Å². The molecule has 1 aliphatic rings. The maximum atomic E-state index is 13.4. The number of H-pyrrole nitrogens is 1. The molecule has 164 valence electrons. The van der Waals surface area contributed by atoms with Gasteiger partial charge in [-0.1, -0.05) is 31.9 Å². The molecule has 0 spiro atoms. The van der Waals surface area contributed by atoms with E-state index < -0.39 is 5.82 Å². The maximum Gasteiger partial charge on any atom is 0.256 e. The third-order valence-electron chi connectivity index (χ3n) is 5.09. The third kappa shape index (κ3) is 4.61. The van der Waals surface area contributed by atoms with Crippen LogP contribution in [0.15, 0.2) is 30.5 Å². The van der Waals surface area contributed by atoms with Gasteiger partial charge in [0.2, 0.25) is 0 Å². The first-order valence-corrected chi connectivity index (χ1v) is 10.8. The molecule has 1 amide bonds. The molecule has 0 fully saturated rings. The number of nitrogens with zero attached hydrogens (tertiary/aromatic N) is 4. The van der Waals surface area contributed by atoms with Gasteiger partial charge in [0, 0.05) is 17.8 Å². The molecule has 0 saturated heterocycles. The quantitative estimate of drug-likeness (QED) is 0.564. The lowest BCUT2D eigenvalue weighted by molar-refractivity contribution is 0.0573. The number of carbonyl (C=O) groups is 1. The van der Waals surface area contributed by atoms with Crippen LogP contribution in [0.4, 0.5) is 4.39 Å². The number of aromatic nitrogens is 4. The van der Waals surface area contributed by atoms with Crippen molar-refractivity contribution in [1.29, 1.82) is 0 Å². The van der Waals surface area contributed by atoms with E-state index in [1.165, 1.54) is 18.6 Å². The van der Waals surface area contributed by atoms with Gasteiger partial charge >= 0.3 is 0 Å². The molecule has 0 bridgehead atoms. The second kappa shape index (κ2) is 9.56. The maximum absolute atomic E-state index is 13.4. The van der Waals surface area contributed by atoms with Crippen LogP contribution in [0.5, 0.6) is 0 Å². The first-order chi connectivity index (χ1) is 14.8. The molecule has 4 rings (SSSR count). The topological polar surface area (TPSA) is 74.8 Å². The number of hydrogen-bond donors (Lipinski definition) is 1. The Bertz CT molecular complexity index is 1070. The summed E-state index contributed by atoms with van der Waals surface area (Å²) in [5, 5.41) is 7.08. The minimum Gasteiger partial charge on any atom is -0.327 e. The number of aromatic amines is 1. The Hall–Kier alpha value is -2.80. The van der Waals surface area contributed by atoms with E-state index in [1.807, 2.05) is 26.8 Å². The largest absolute Gasteiger partial charge is 0.327 e. The number of nitrogens with one attached hydrogen (secondary N) is 1. The van der Waals surface area contributed by atoms with Gasteiger partial charge < -0.3 is 4.90 Å². The summed E-state index contributed by atoms with van der Waals surface area (Å²) in [6.45, 7) is 9.99. The highest BCUT2D eigenvalue weighted by Crippen LogP contribution is 2.37. The molecule has 0 unspecified atom stereocenters. The molecule has 6 nitrogen and oxygen atoms in total. The molecule has 3 aromatic rings. The van der Waals surface area contributed by atoms with E-state index in [0.29, 0.717) is 12.2 Å². The minimum atomic E-state index is -0.473. The Kier molecular flexibility index (Phi) is 7.05. The van der Waals surface area contributed by atoms with Crippen LogP contribution in [0.2, 0.25) is 5.02 Å². The number of hydrogen-bond acceptors (Lipinski definition) is 4. The van der Waals surface area contributed by atoms with Crippen molar-refractivity contribution in [2.24, 2.45) is 0 Å². The molecule has 1 aliphatic heterocycles. The predicted octanol–water partition coefficient (Wildman–Crippen LogP) is 5.53. The minimum absolute atomic E-state index is 0.104. The fourth-order valence-corrected chi connectivity index (χ4v) is 4.11. The average molecular weight is 444 g/mol. The molecule has 1 aromatic carbocycles. The Balaban J connectivity index is 0.000000858. The van der Waals surface area contributed by atoms with Crippen LogP contribution < -0.4 is 0 Å². The lowest BCUT2D eigenvalue weighted by atomic mass is 9.90. The van der Waals surface area contributed by atoms with Crippen LogP contribution in [-0.2, 0) is 6.42 Å². The number of fused-ring (bicyclic) bond motifs is 1. The molecular weight excluding hydrogens is 417 g/mol. The van der Waals surface area contributed by atoms with E-state index in [2.05, 4.69) is 34.0 Å². The Morgan fingerprint density at radius 2 is 1.97 bits per heavy atom. The summed E-state index contributed by atoms with van der Waals surface area (Å²) in [6, 6.07) is 5.31. The highest BCUT2D eigenvalue weighted by atomic mass is 35.5. The summed E-state index contributed by atoms with van der Waals surface area (Å²) in [5.41, 5.74) is 3.73. The third-order valence-corrected chi connectivity index (χ3v) is 5.40. The molecular formula is C23H27ClFN5O. The predicted molar refractivity (Wildman–Crippen MR) is 119 cm³/mol. The summed E-state index contributed by atoms with van der Waals surface area (Å²) in [4.78, 5) is 24.2. The molecule has 1 N–H and O–H groups in total. The van der Waals surface area contributed by atoms with Gasteiger partial charge in [-0.15, -0.1) is 0 Å². The lowest BCUT2D eigenvalue weighted by Gasteiger charge is -2.40. The zero-order chi connectivity index (χ0) is 22.7. The number of carbonyl (C=O) groups excluding carboxylic acids is 1. The molecule has 0 aliphatic carbocycles. The van der Waals surface area contributed by atoms with Crippen molar-refractivity contribution in [3.05, 3.63) is 63.9 Å². The summed E-state index contributed by atoms with van der Waals surface area (Å²) in [5.74, 6) is -0.0915. The summed E-state index contributed by atoms with van der Waals surface area (Å²) >= 11 is 6.13. The van der Waals surface area contributed by atoms with Crippen molar-refractivity contribution in [3.8, 4) is 11.4 Å². The number of rotatable bonds is 2. The first-order valence-electron chi connectivity index (χ1n) is 10.4. The number of aryl methyl sites for hydroxylation is 1. The van der Waals surface area contributed by atoms with Gasteiger partial charge in [0.1, 0.15) is 11.6 Å². The van der Waals surface area contributed by atoms with Crippen molar-refractivity contribution < 1.29 is 9.18 Å². The normalized spacial score (nSPS) is 17.6. The average Bonchev–Trinajstić information content (AvgIpc) is 3.23. The van der Waals surface area contributed by atoms with E-state index in [4.69, 9.17) is 11.6 Å². The van der Waals surface area contributed by atoms with Crippen LogP contribution in [-0.4, -0.2) is 37.0 Å². The number of halogens is 2. The molecule has 2 atom stereocenters. The van der Waals surface area contributed by atoms with Gasteiger partial charge in [-0.25, -0.2) is 14.4 Å². The zero-order valence-electron chi connectivity index (χ0n) is 18.4. The second-order valence-corrected chi connectivity index (χ2v) is 8.13. The number of amides is 1. The Morgan fingerprint density at radius 1 is 1.26 bits per heavy atom. The van der Waals surface area contributed by atoms with Crippen LogP contribution >= 0.6 is 11.6 Å². The fraction of sp³-hybridized carbons (Fsp3) is 0.391. The van der Waals surface area contributed by atoms with E-state index in [9.17, 15) is 9.18 Å². The summed E-state index contributed by atoms with van der Waals surface area (Å²) < 4.78 is 13.4. The van der Waals surface area contributed by atoms with Gasteiger partial charge in [0.15, 0.2) is 0 Å². The van der Waals surface area contributed by atoms with Crippen LogP contribution in [0.3, 0.4) is 0 Å². The fourth-order valence-electron chi connectivity index (χ4n) is 3.86. The van der Waals surface area contributed by atoms with Crippen molar-refractivity contribution in [3.63, 3.8) is 0 Å². The van der Waals surface area contributed by atoms with Gasteiger partial charge in [-0.05, 0) is 51.5 Å². The highest BCUT2D eigenvalue weighted by molar-refractivity contribution is 6.33. The SMILES string of the molecule is CCC.Cc1nc(-c2ccn[nH]2)c2c(n1)[C@H](C)N(C(=O)c1ccc(F)cc1Cl)[C@H](C)C2. The molecule has 31 heavy (non-hydrogen) atoms. The van der Waals surface area contributed by atoms with Gasteiger partial charge in [0.05, 0.1) is 33.7 Å². The van der Waals surface area contributed by atoms with Gasteiger partial charge in [-0.3, -0.25) is 9.89 Å². The molecule has 3 heterocycles. The summed E-state index contributed by atoms with van der Waals surface area (Å²) in [6.07, 6.45) is 3.53. The summed E-state index contributed by atoms with van der Waals surface area (Å²) in [7, 11) is 0. The van der Waals surface area contributed by atoms with Crippen LogP contribution in [0.1, 0.15) is 67.6 Å². The van der Waals surface area contributed by atoms with Gasteiger partial charge in [0.25, 0.3) is 5.91 Å². The molecule has 8 heteroatoms. The molecule has 0 saturated carbocycles. The van der Waals surface area contributed by atoms with Crippen molar-refractivity contribution in [1.82, 2.24) is 25.1 Å². The highest BCUT2D eigenvalue weighted by Gasteiger charge is 2.37. The van der Waals surface area contributed by atoms with Crippen molar-refractivity contribution in [2.45, 2.75) is 59.5 Å². The zero-order valence-corrected chi connectivity index (χ0v) is 19.2. The standard InChI is InChI=1S/C20H19ClFN5O.C3H8/c1-10-8-15-18(24-12(3)25-19(15)17-6-7-23-26-17)11(2)27(10)20(28)14-5-4-13(22)9-16(14)21;1-3-2/h4-7,9-11H,8H2,1-3H3,(H,23,26);3H2,1-2H3/t10-,11+;/m1./s1. The van der Waals surface area contributed by atoms with Crippen molar-refractivity contribution in [2.75, 3.05) is 0 Å². The molecule has 2 aromatic heterocycles. The van der Waals surface area contributed by atoms with E-state index in [-0.39, 0.29) is 28.6 Å². The first kappa shape index (κ1) is 22.9. The molecule has 0 radical (unpaired) electrons. The van der Waals surface area contributed by atoms with E-state index in [1.54, 1.807) is 11.1 Å². The lowest BCUT2D eigenvalue weighted by Crippen LogP contribution is -2.46. The monoisotopic (exact) mass is 443 g/mol. The van der Waals surface area contributed by atoms with E-state index in [0.717, 1.165) is 28.7 Å². The number of benzene rings is 1. The smallest absolute Gasteiger partial charge is 0.256 e. The Morgan fingerprint density at radius 3 is 2.58 bits per heavy atom. The van der Waals surface area contributed by atoms with E-state index >= 15 is 0 Å². The second-order valence-electron chi connectivity index (χ2n) is 7.73. The van der Waals surface area contributed by atoms with Crippen LogP contribution in [0.25, 0.3) is 11.4 Å². The Labute approximate surface area is 186 Å².